The van der Waals surface area contributed by atoms with E-state index in [1.165, 1.54) is 9.80 Å². The summed E-state index contributed by atoms with van der Waals surface area (Å²) in [6.45, 7) is 2.68. The second-order valence-corrected chi connectivity index (χ2v) is 9.22. The Morgan fingerprint density at radius 1 is 1.16 bits per heavy atom. The van der Waals surface area contributed by atoms with Crippen LogP contribution in [0.2, 0.25) is 0 Å². The molecule has 1 fully saturated rings. The van der Waals surface area contributed by atoms with Gasteiger partial charge in [-0.3, -0.25) is 9.59 Å². The van der Waals surface area contributed by atoms with Gasteiger partial charge in [-0.15, -0.1) is 0 Å². The lowest BCUT2D eigenvalue weighted by atomic mass is 9.97. The van der Waals surface area contributed by atoms with Gasteiger partial charge in [-0.1, -0.05) is 24.3 Å². The van der Waals surface area contributed by atoms with Crippen molar-refractivity contribution in [1.82, 2.24) is 20.1 Å². The van der Waals surface area contributed by atoms with Crippen molar-refractivity contribution in [3.05, 3.63) is 65.4 Å². The summed E-state index contributed by atoms with van der Waals surface area (Å²) >= 11 is 0. The van der Waals surface area contributed by atoms with E-state index in [0.29, 0.717) is 30.2 Å². The normalized spacial score (nSPS) is 13.6. The molecule has 10 heteroatoms. The van der Waals surface area contributed by atoms with Crippen LogP contribution in [0, 0.1) is 0 Å². The Labute approximate surface area is 221 Å². The maximum atomic E-state index is 13.1. The summed E-state index contributed by atoms with van der Waals surface area (Å²) in [5, 5.41) is 5.49. The van der Waals surface area contributed by atoms with Gasteiger partial charge < -0.3 is 35.9 Å². The first-order valence-corrected chi connectivity index (χ1v) is 12.2. The van der Waals surface area contributed by atoms with E-state index >= 15 is 0 Å². The smallest absolute Gasteiger partial charge is 0.322 e. The lowest BCUT2D eigenvalue weighted by molar-refractivity contribution is -0.123. The predicted octanol–water partition coefficient (Wildman–Crippen LogP) is 3.50. The highest BCUT2D eigenvalue weighted by Crippen LogP contribution is 2.36. The summed E-state index contributed by atoms with van der Waals surface area (Å²) < 4.78 is 5.54. The highest BCUT2D eigenvalue weighted by atomic mass is 16.5. The Bertz CT molecular complexity index is 1410. The third-order valence-electron chi connectivity index (χ3n) is 6.39. The van der Waals surface area contributed by atoms with E-state index in [1.807, 2.05) is 49.5 Å². The zero-order valence-electron chi connectivity index (χ0n) is 21.9. The topological polar surface area (TPSA) is 133 Å². The molecule has 0 unspecified atom stereocenters. The number of nitrogen functional groups attached to an aromatic ring is 1. The van der Waals surface area contributed by atoms with E-state index in [9.17, 15) is 14.4 Å². The lowest BCUT2D eigenvalue weighted by Crippen LogP contribution is -2.51. The van der Waals surface area contributed by atoms with Crippen LogP contribution in [0.4, 0.5) is 16.3 Å². The number of ether oxygens (including phenoxy) is 1. The number of H-pyrrole nitrogens is 1. The van der Waals surface area contributed by atoms with E-state index in [4.69, 9.17) is 10.5 Å². The Morgan fingerprint density at radius 2 is 1.92 bits per heavy atom. The van der Waals surface area contributed by atoms with Crippen LogP contribution in [0.25, 0.3) is 22.8 Å². The molecule has 4 rings (SSSR count). The number of anilines is 2. The zero-order chi connectivity index (χ0) is 27.4. The van der Waals surface area contributed by atoms with Crippen molar-refractivity contribution in [2.75, 3.05) is 51.9 Å². The minimum Gasteiger partial charge on any atom is -0.496 e. The Morgan fingerprint density at radius 3 is 2.63 bits per heavy atom. The number of nitrogens with two attached hydrogens (primary N) is 1. The molecule has 1 saturated heterocycles. The minimum atomic E-state index is -0.436. The van der Waals surface area contributed by atoms with Crippen LogP contribution >= 0.6 is 0 Å². The third-order valence-corrected chi connectivity index (χ3v) is 6.39. The van der Waals surface area contributed by atoms with E-state index in [1.54, 1.807) is 33.3 Å². The van der Waals surface area contributed by atoms with E-state index < -0.39 is 6.03 Å². The number of carbonyl (C=O) groups is 3. The molecule has 3 aromatic rings. The average Bonchev–Trinajstić information content (AvgIpc) is 3.27. The van der Waals surface area contributed by atoms with Gasteiger partial charge >= 0.3 is 6.03 Å². The molecular formula is C28H32N6O4. The van der Waals surface area contributed by atoms with Gasteiger partial charge in [-0.05, 0) is 42.3 Å². The number of hydrogen-bond acceptors (Lipinski definition) is 5. The van der Waals surface area contributed by atoms with Crippen molar-refractivity contribution in [3.63, 3.8) is 0 Å². The van der Waals surface area contributed by atoms with Crippen molar-refractivity contribution in [2.45, 2.75) is 6.92 Å². The molecule has 0 radical (unpaired) electrons. The molecular weight excluding hydrogens is 484 g/mol. The van der Waals surface area contributed by atoms with Crippen LogP contribution in [-0.4, -0.2) is 73.5 Å². The molecule has 5 N–H and O–H groups in total. The number of rotatable bonds is 6. The number of carbonyl (C=O) groups excluding carboxylic acids is 3. The molecule has 198 valence electrons. The molecule has 38 heavy (non-hydrogen) atoms. The average molecular weight is 517 g/mol. The number of nitrogens with one attached hydrogen (secondary N) is 3. The molecule has 1 aliphatic rings. The first-order chi connectivity index (χ1) is 18.2. The van der Waals surface area contributed by atoms with Crippen LogP contribution in [-0.2, 0) is 4.79 Å². The second-order valence-electron chi connectivity index (χ2n) is 9.22. The number of benzene rings is 2. The second kappa shape index (κ2) is 11.1. The zero-order valence-corrected chi connectivity index (χ0v) is 21.9. The summed E-state index contributed by atoms with van der Waals surface area (Å²) in [4.78, 5) is 43.5. The molecule has 0 saturated carbocycles. The van der Waals surface area contributed by atoms with Crippen LogP contribution in [0.15, 0.2) is 48.7 Å². The highest BCUT2D eigenvalue weighted by Gasteiger charge is 2.23. The molecule has 2 aromatic carbocycles. The number of aromatic amines is 1. The minimum absolute atomic E-state index is 0.0324. The van der Waals surface area contributed by atoms with Gasteiger partial charge in [0.05, 0.1) is 18.4 Å². The number of para-hydroxylation sites is 1. The van der Waals surface area contributed by atoms with Gasteiger partial charge in [0.1, 0.15) is 18.1 Å². The first-order valence-electron chi connectivity index (χ1n) is 12.2. The molecule has 2 heterocycles. The van der Waals surface area contributed by atoms with E-state index in [0.717, 1.165) is 33.6 Å². The number of piperazine rings is 1. The molecule has 1 aliphatic heterocycles. The molecule has 10 nitrogen and oxygen atoms in total. The fourth-order valence-electron chi connectivity index (χ4n) is 4.32. The SMILES string of the molecule is COc1ccccc1-c1c[nH]c(N)c1/C=C(\C)c1ccc(NC(=O)N2CCNC(=O)C2)c(C(=O)N(C)C)c1. The number of urea groups is 1. The summed E-state index contributed by atoms with van der Waals surface area (Å²) in [5.41, 5.74) is 11.2. The van der Waals surface area contributed by atoms with Gasteiger partial charge in [-0.25, -0.2) is 4.79 Å². The summed E-state index contributed by atoms with van der Waals surface area (Å²) in [7, 11) is 4.93. The van der Waals surface area contributed by atoms with E-state index in [2.05, 4.69) is 15.6 Å². The number of nitrogens with zero attached hydrogens (tertiary/aromatic N) is 2. The van der Waals surface area contributed by atoms with Crippen molar-refractivity contribution >= 4 is 41.0 Å². The Hall–Kier alpha value is -4.73. The van der Waals surface area contributed by atoms with Crippen molar-refractivity contribution < 1.29 is 19.1 Å². The van der Waals surface area contributed by atoms with Gasteiger partial charge in [0.15, 0.2) is 0 Å². The molecule has 0 spiro atoms. The number of methoxy groups -OCH3 is 1. The van der Waals surface area contributed by atoms with Crippen molar-refractivity contribution in [2.24, 2.45) is 0 Å². The summed E-state index contributed by atoms with van der Waals surface area (Å²) in [6.07, 6.45) is 3.80. The van der Waals surface area contributed by atoms with Crippen LogP contribution in [0.3, 0.4) is 0 Å². The summed E-state index contributed by atoms with van der Waals surface area (Å²) in [6, 6.07) is 12.5. The Kier molecular flexibility index (Phi) is 7.71. The fraction of sp³-hybridized carbons (Fsp3) is 0.250. The number of hydrogen-bond donors (Lipinski definition) is 4. The molecule has 0 bridgehead atoms. The quantitative estimate of drug-likeness (QED) is 0.398. The Balaban J connectivity index is 1.69. The van der Waals surface area contributed by atoms with E-state index in [-0.39, 0.29) is 18.4 Å². The maximum absolute atomic E-state index is 13.1. The maximum Gasteiger partial charge on any atom is 0.322 e. The molecule has 4 amide bonds. The number of aromatic nitrogens is 1. The largest absolute Gasteiger partial charge is 0.496 e. The van der Waals surface area contributed by atoms with Crippen LogP contribution in [0.5, 0.6) is 5.75 Å². The molecule has 0 atom stereocenters. The van der Waals surface area contributed by atoms with Crippen molar-refractivity contribution in [1.29, 1.82) is 0 Å². The monoisotopic (exact) mass is 516 g/mol. The van der Waals surface area contributed by atoms with Gasteiger partial charge in [0, 0.05) is 50.1 Å². The van der Waals surface area contributed by atoms with Gasteiger partial charge in [0.25, 0.3) is 5.91 Å². The van der Waals surface area contributed by atoms with Gasteiger partial charge in [0.2, 0.25) is 5.91 Å². The van der Waals surface area contributed by atoms with Crippen LogP contribution in [0.1, 0.15) is 28.4 Å². The summed E-state index contributed by atoms with van der Waals surface area (Å²) in [5.74, 6) is 0.749. The standard InChI is InChI=1S/C28H32N6O4/c1-17(13-20-22(15-31-26(20)29)19-7-5-6-8-24(19)38-4)18-9-10-23(21(14-18)27(36)33(2)3)32-28(37)34-12-11-30-25(35)16-34/h5-10,13-15,31H,11-12,16,29H2,1-4H3,(H,30,35)(H,32,37)/b17-13+. The fourth-order valence-corrected chi connectivity index (χ4v) is 4.32. The van der Waals surface area contributed by atoms with Crippen LogP contribution < -0.4 is 21.1 Å². The first kappa shape index (κ1) is 26.3. The lowest BCUT2D eigenvalue weighted by Gasteiger charge is -2.27. The molecule has 0 aliphatic carbocycles. The number of allylic oxidation sites excluding steroid dienone is 1. The molecule has 1 aromatic heterocycles. The number of amides is 4. The van der Waals surface area contributed by atoms with Crippen molar-refractivity contribution in [3.8, 4) is 16.9 Å². The highest BCUT2D eigenvalue weighted by molar-refractivity contribution is 6.05. The third kappa shape index (κ3) is 5.49. The van der Waals surface area contributed by atoms with Gasteiger partial charge in [-0.2, -0.15) is 0 Å². The predicted molar refractivity (Wildman–Crippen MR) is 149 cm³/mol.